The Balaban J connectivity index is 0.00000162. The minimum atomic E-state index is 0. The van der Waals surface area contributed by atoms with Gasteiger partial charge in [-0.15, -0.1) is 12.4 Å². The van der Waals surface area contributed by atoms with Crippen molar-refractivity contribution < 1.29 is 0 Å². The molecule has 0 amide bonds. The van der Waals surface area contributed by atoms with Gasteiger partial charge < -0.3 is 0 Å². The SMILES string of the molecule is CC(C)(C)P(C1CCCCC1)C1CCCCC1.Cl. The van der Waals surface area contributed by atoms with Gasteiger partial charge in [0, 0.05) is 0 Å². The summed E-state index contributed by atoms with van der Waals surface area (Å²) in [5.41, 5.74) is 2.23. The molecule has 0 aromatic heterocycles. The Morgan fingerprint density at radius 1 is 0.667 bits per heavy atom. The number of hydrogen-bond donors (Lipinski definition) is 0. The minimum Gasteiger partial charge on any atom is -0.147 e. The molecule has 18 heavy (non-hydrogen) atoms. The molecular weight excluding hydrogens is 259 g/mol. The van der Waals surface area contributed by atoms with Gasteiger partial charge in [0.1, 0.15) is 0 Å². The molecule has 0 unspecified atom stereocenters. The zero-order chi connectivity index (χ0) is 12.3. The third kappa shape index (κ3) is 4.38. The lowest BCUT2D eigenvalue weighted by molar-refractivity contribution is 0.475. The largest absolute Gasteiger partial charge is 0.147 e. The molecular formula is C16H32ClP. The first-order valence-corrected chi connectivity index (χ1v) is 9.35. The smallest absolute Gasteiger partial charge is 0.0174 e. The van der Waals surface area contributed by atoms with Crippen LogP contribution in [0.15, 0.2) is 0 Å². The highest BCUT2D eigenvalue weighted by molar-refractivity contribution is 7.60. The summed E-state index contributed by atoms with van der Waals surface area (Å²) in [6.07, 6.45) is 15.3. The molecule has 2 saturated carbocycles. The van der Waals surface area contributed by atoms with Crippen LogP contribution >= 0.6 is 20.3 Å². The Labute approximate surface area is 122 Å². The molecule has 2 aliphatic rings. The van der Waals surface area contributed by atoms with E-state index in [0.717, 1.165) is 11.3 Å². The molecule has 0 heterocycles. The van der Waals surface area contributed by atoms with Gasteiger partial charge in [-0.1, -0.05) is 67.2 Å². The van der Waals surface area contributed by atoms with Crippen molar-refractivity contribution in [1.29, 1.82) is 0 Å². The third-order valence-electron chi connectivity index (χ3n) is 4.71. The predicted molar refractivity (Wildman–Crippen MR) is 87.7 cm³/mol. The molecule has 0 N–H and O–H groups in total. The van der Waals surface area contributed by atoms with Crippen molar-refractivity contribution >= 4 is 20.3 Å². The quantitative estimate of drug-likeness (QED) is 0.519. The normalized spacial score (nSPS) is 24.0. The summed E-state index contributed by atoms with van der Waals surface area (Å²) in [6.45, 7) is 7.59. The zero-order valence-electron chi connectivity index (χ0n) is 12.6. The Morgan fingerprint density at radius 2 is 1.00 bits per heavy atom. The van der Waals surface area contributed by atoms with Gasteiger partial charge in [-0.3, -0.25) is 0 Å². The van der Waals surface area contributed by atoms with Crippen molar-refractivity contribution in [3.8, 4) is 0 Å². The second-order valence-electron chi connectivity index (χ2n) is 7.16. The molecule has 2 aliphatic carbocycles. The van der Waals surface area contributed by atoms with Gasteiger partial charge in [0.15, 0.2) is 0 Å². The number of hydrogen-bond acceptors (Lipinski definition) is 0. The lowest BCUT2D eigenvalue weighted by Gasteiger charge is -2.46. The summed E-state index contributed by atoms with van der Waals surface area (Å²) >= 11 is 0. The van der Waals surface area contributed by atoms with Gasteiger partial charge >= 0.3 is 0 Å². The van der Waals surface area contributed by atoms with Crippen LogP contribution in [-0.4, -0.2) is 16.5 Å². The van der Waals surface area contributed by atoms with Crippen LogP contribution in [0.4, 0.5) is 0 Å². The fourth-order valence-corrected chi connectivity index (χ4v) is 8.74. The summed E-state index contributed by atoms with van der Waals surface area (Å²) in [7, 11) is 0.262. The Bertz CT molecular complexity index is 204. The van der Waals surface area contributed by atoms with E-state index in [1.807, 2.05) is 0 Å². The summed E-state index contributed by atoms with van der Waals surface area (Å²) in [6, 6.07) is 0. The fraction of sp³-hybridized carbons (Fsp3) is 1.00. The zero-order valence-corrected chi connectivity index (χ0v) is 14.3. The van der Waals surface area contributed by atoms with Gasteiger partial charge in [-0.05, 0) is 42.2 Å². The van der Waals surface area contributed by atoms with Gasteiger partial charge in [-0.25, -0.2) is 0 Å². The van der Waals surface area contributed by atoms with Crippen LogP contribution in [-0.2, 0) is 0 Å². The second-order valence-corrected chi connectivity index (χ2v) is 10.8. The first-order valence-electron chi connectivity index (χ1n) is 7.87. The van der Waals surface area contributed by atoms with Crippen LogP contribution in [0.5, 0.6) is 0 Å². The van der Waals surface area contributed by atoms with Gasteiger partial charge in [0.05, 0.1) is 0 Å². The summed E-state index contributed by atoms with van der Waals surface area (Å²) in [4.78, 5) is 0. The van der Waals surface area contributed by atoms with E-state index in [1.165, 1.54) is 38.5 Å². The van der Waals surface area contributed by atoms with E-state index < -0.39 is 0 Å². The molecule has 0 aromatic carbocycles. The lowest BCUT2D eigenvalue weighted by Crippen LogP contribution is -2.30. The van der Waals surface area contributed by atoms with Gasteiger partial charge in [-0.2, -0.15) is 0 Å². The lowest BCUT2D eigenvalue weighted by atomic mass is 9.99. The monoisotopic (exact) mass is 290 g/mol. The van der Waals surface area contributed by atoms with Gasteiger partial charge in [0.2, 0.25) is 0 Å². The maximum absolute atomic E-state index is 2.53. The Hall–Kier alpha value is 0.720. The molecule has 2 heteroatoms. The standard InChI is InChI=1S/C16H31P.ClH/c1-16(2,3)17(14-10-6-4-7-11-14)15-12-8-5-9-13-15;/h14-15H,4-13H2,1-3H3;1H. The van der Waals surface area contributed by atoms with E-state index in [2.05, 4.69) is 20.8 Å². The van der Waals surface area contributed by atoms with Crippen LogP contribution in [0.3, 0.4) is 0 Å². The Morgan fingerprint density at radius 3 is 1.28 bits per heavy atom. The first kappa shape index (κ1) is 16.8. The van der Waals surface area contributed by atoms with Gasteiger partial charge in [0.25, 0.3) is 0 Å². The molecule has 108 valence electrons. The predicted octanol–water partition coefficient (Wildman–Crippen LogP) is 6.35. The van der Waals surface area contributed by atoms with Crippen molar-refractivity contribution in [2.45, 2.75) is 101 Å². The maximum Gasteiger partial charge on any atom is -0.0174 e. The van der Waals surface area contributed by atoms with Crippen molar-refractivity contribution in [2.24, 2.45) is 0 Å². The molecule has 0 atom stereocenters. The Kier molecular flexibility index (Phi) is 6.98. The van der Waals surface area contributed by atoms with E-state index in [1.54, 1.807) is 25.7 Å². The first-order chi connectivity index (χ1) is 8.09. The van der Waals surface area contributed by atoms with Crippen LogP contribution in [0.2, 0.25) is 0 Å². The third-order valence-corrected chi connectivity index (χ3v) is 8.87. The van der Waals surface area contributed by atoms with Crippen LogP contribution in [0.1, 0.15) is 85.0 Å². The molecule has 0 bridgehead atoms. The van der Waals surface area contributed by atoms with Crippen molar-refractivity contribution in [3.05, 3.63) is 0 Å². The molecule has 2 fully saturated rings. The van der Waals surface area contributed by atoms with E-state index in [9.17, 15) is 0 Å². The highest BCUT2D eigenvalue weighted by Crippen LogP contribution is 2.63. The molecule has 0 radical (unpaired) electrons. The number of rotatable bonds is 2. The molecule has 0 aliphatic heterocycles. The van der Waals surface area contributed by atoms with Crippen LogP contribution in [0, 0.1) is 0 Å². The van der Waals surface area contributed by atoms with E-state index in [4.69, 9.17) is 0 Å². The summed E-state index contributed by atoms with van der Waals surface area (Å²) in [5, 5.41) is 0.597. The maximum atomic E-state index is 2.53. The highest BCUT2D eigenvalue weighted by atomic mass is 35.5. The fourth-order valence-electron chi connectivity index (χ4n) is 4.11. The minimum absolute atomic E-state index is 0. The molecule has 0 nitrogen and oxygen atoms in total. The van der Waals surface area contributed by atoms with Crippen molar-refractivity contribution in [3.63, 3.8) is 0 Å². The molecule has 0 aromatic rings. The van der Waals surface area contributed by atoms with E-state index in [0.29, 0.717) is 5.16 Å². The van der Waals surface area contributed by atoms with Crippen molar-refractivity contribution in [1.82, 2.24) is 0 Å². The van der Waals surface area contributed by atoms with Crippen LogP contribution < -0.4 is 0 Å². The van der Waals surface area contributed by atoms with E-state index >= 15 is 0 Å². The number of halogens is 1. The topological polar surface area (TPSA) is 0 Å². The van der Waals surface area contributed by atoms with E-state index in [-0.39, 0.29) is 20.3 Å². The molecule has 0 spiro atoms. The molecule has 0 saturated heterocycles. The van der Waals surface area contributed by atoms with Crippen molar-refractivity contribution in [2.75, 3.05) is 0 Å². The molecule has 2 rings (SSSR count). The second kappa shape index (κ2) is 7.49. The average molecular weight is 291 g/mol. The summed E-state index contributed by atoms with van der Waals surface area (Å²) in [5.74, 6) is 0. The average Bonchev–Trinajstić information content (AvgIpc) is 2.30. The summed E-state index contributed by atoms with van der Waals surface area (Å²) < 4.78 is 0. The van der Waals surface area contributed by atoms with Crippen LogP contribution in [0.25, 0.3) is 0 Å². The highest BCUT2D eigenvalue weighted by Gasteiger charge is 2.37.